The summed E-state index contributed by atoms with van der Waals surface area (Å²) in [6.45, 7) is 6.22. The van der Waals surface area contributed by atoms with Crippen molar-refractivity contribution in [1.82, 2.24) is 4.90 Å². The Bertz CT molecular complexity index is 413. The molecule has 0 amide bonds. The summed E-state index contributed by atoms with van der Waals surface area (Å²) in [5.41, 5.74) is 6.86. The van der Waals surface area contributed by atoms with Crippen molar-refractivity contribution in [1.29, 1.82) is 0 Å². The molecule has 0 aromatic heterocycles. The van der Waals surface area contributed by atoms with Crippen LogP contribution in [0.25, 0.3) is 0 Å². The molecule has 4 nitrogen and oxygen atoms in total. The molecule has 1 aliphatic rings. The highest BCUT2D eigenvalue weighted by Gasteiger charge is 2.29. The maximum absolute atomic E-state index is 5.88. The summed E-state index contributed by atoms with van der Waals surface area (Å²) in [6, 6.07) is 11.3. The van der Waals surface area contributed by atoms with E-state index in [9.17, 15) is 0 Å². The van der Waals surface area contributed by atoms with E-state index in [4.69, 9.17) is 5.73 Å². The van der Waals surface area contributed by atoms with Crippen LogP contribution in [0.2, 0.25) is 0 Å². The number of hydrogen-bond acceptors (Lipinski definition) is 2. The average molecular weight is 388 g/mol. The highest BCUT2D eigenvalue weighted by atomic mass is 127. The molecular weight excluding hydrogens is 363 g/mol. The first-order chi connectivity index (χ1) is 9.16. The molecule has 3 N–H and O–H groups in total. The van der Waals surface area contributed by atoms with Gasteiger partial charge in [0.05, 0.1) is 6.54 Å². The zero-order valence-electron chi connectivity index (χ0n) is 12.2. The SMILES string of the molecule is CC(C)N(CCN=C(N)Nc1ccccc1)C1CC1.I. The van der Waals surface area contributed by atoms with Crippen LogP contribution >= 0.6 is 24.0 Å². The largest absolute Gasteiger partial charge is 0.370 e. The molecule has 0 spiro atoms. The summed E-state index contributed by atoms with van der Waals surface area (Å²) in [4.78, 5) is 6.91. The molecule has 1 fully saturated rings. The van der Waals surface area contributed by atoms with Gasteiger partial charge in [0.25, 0.3) is 0 Å². The molecule has 2 rings (SSSR count). The fraction of sp³-hybridized carbons (Fsp3) is 0.533. The van der Waals surface area contributed by atoms with E-state index in [-0.39, 0.29) is 24.0 Å². The lowest BCUT2D eigenvalue weighted by atomic mass is 10.3. The van der Waals surface area contributed by atoms with Crippen LogP contribution in [0.5, 0.6) is 0 Å². The van der Waals surface area contributed by atoms with Crippen LogP contribution in [0, 0.1) is 0 Å². The summed E-state index contributed by atoms with van der Waals surface area (Å²) in [5, 5.41) is 3.10. The van der Waals surface area contributed by atoms with E-state index in [1.807, 2.05) is 30.3 Å². The molecule has 1 aromatic carbocycles. The molecule has 0 atom stereocenters. The first kappa shape index (κ1) is 17.2. The molecule has 0 aliphatic heterocycles. The maximum atomic E-state index is 5.88. The van der Waals surface area contributed by atoms with Crippen molar-refractivity contribution in [3.8, 4) is 0 Å². The summed E-state index contributed by atoms with van der Waals surface area (Å²) in [6.07, 6.45) is 2.67. The zero-order valence-corrected chi connectivity index (χ0v) is 14.6. The lowest BCUT2D eigenvalue weighted by Gasteiger charge is -2.25. The number of rotatable bonds is 6. The molecule has 0 saturated heterocycles. The van der Waals surface area contributed by atoms with Crippen LogP contribution in [0.4, 0.5) is 5.69 Å². The van der Waals surface area contributed by atoms with Crippen LogP contribution < -0.4 is 11.1 Å². The third kappa shape index (κ3) is 5.66. The lowest BCUT2D eigenvalue weighted by molar-refractivity contribution is 0.218. The van der Waals surface area contributed by atoms with Gasteiger partial charge in [0, 0.05) is 24.3 Å². The number of guanidine groups is 1. The molecular formula is C15H25IN4. The second kappa shape index (κ2) is 8.46. The molecule has 1 aliphatic carbocycles. The van der Waals surface area contributed by atoms with Crippen LogP contribution in [0.3, 0.4) is 0 Å². The third-order valence-electron chi connectivity index (χ3n) is 3.37. The van der Waals surface area contributed by atoms with Crippen molar-refractivity contribution in [3.05, 3.63) is 30.3 Å². The van der Waals surface area contributed by atoms with E-state index in [1.165, 1.54) is 12.8 Å². The van der Waals surface area contributed by atoms with Gasteiger partial charge >= 0.3 is 0 Å². The number of nitrogens with zero attached hydrogens (tertiary/aromatic N) is 2. The number of nitrogens with two attached hydrogens (primary N) is 1. The first-order valence-corrected chi connectivity index (χ1v) is 7.04. The topological polar surface area (TPSA) is 53.6 Å². The van der Waals surface area contributed by atoms with Gasteiger partial charge in [-0.25, -0.2) is 0 Å². The van der Waals surface area contributed by atoms with E-state index in [0.29, 0.717) is 12.0 Å². The Morgan fingerprint density at radius 3 is 2.55 bits per heavy atom. The van der Waals surface area contributed by atoms with Crippen molar-refractivity contribution in [2.75, 3.05) is 18.4 Å². The van der Waals surface area contributed by atoms with Gasteiger partial charge in [-0.05, 0) is 38.8 Å². The van der Waals surface area contributed by atoms with Crippen molar-refractivity contribution in [2.45, 2.75) is 38.8 Å². The molecule has 0 radical (unpaired) electrons. The summed E-state index contributed by atoms with van der Waals surface area (Å²) < 4.78 is 0. The molecule has 1 saturated carbocycles. The van der Waals surface area contributed by atoms with E-state index in [1.54, 1.807) is 0 Å². The third-order valence-corrected chi connectivity index (χ3v) is 3.37. The Morgan fingerprint density at radius 2 is 2.00 bits per heavy atom. The van der Waals surface area contributed by atoms with Crippen LogP contribution in [0.1, 0.15) is 26.7 Å². The number of nitrogens with one attached hydrogen (secondary N) is 1. The Labute approximate surface area is 138 Å². The van der Waals surface area contributed by atoms with Gasteiger partial charge < -0.3 is 11.1 Å². The van der Waals surface area contributed by atoms with Gasteiger partial charge in [-0.2, -0.15) is 0 Å². The molecule has 0 heterocycles. The van der Waals surface area contributed by atoms with Crippen molar-refractivity contribution in [2.24, 2.45) is 10.7 Å². The summed E-state index contributed by atoms with van der Waals surface area (Å²) >= 11 is 0. The minimum atomic E-state index is 0. The fourth-order valence-corrected chi connectivity index (χ4v) is 2.26. The standard InChI is InChI=1S/C15H24N4.HI/c1-12(2)19(14-8-9-14)11-10-17-15(16)18-13-6-4-3-5-7-13;/h3-7,12,14H,8-11H2,1-2H3,(H3,16,17,18);1H. The van der Waals surface area contributed by atoms with Gasteiger partial charge in [0.2, 0.25) is 0 Å². The zero-order chi connectivity index (χ0) is 13.7. The molecule has 0 unspecified atom stereocenters. The van der Waals surface area contributed by atoms with Crippen molar-refractivity contribution in [3.63, 3.8) is 0 Å². The molecule has 5 heteroatoms. The minimum absolute atomic E-state index is 0. The Hall–Kier alpha value is -0.820. The monoisotopic (exact) mass is 388 g/mol. The summed E-state index contributed by atoms with van der Waals surface area (Å²) in [5.74, 6) is 0.491. The van der Waals surface area contributed by atoms with E-state index in [0.717, 1.165) is 24.8 Å². The van der Waals surface area contributed by atoms with Gasteiger partial charge in [-0.3, -0.25) is 9.89 Å². The Morgan fingerprint density at radius 1 is 1.35 bits per heavy atom. The van der Waals surface area contributed by atoms with Crippen LogP contribution in [-0.2, 0) is 0 Å². The molecule has 0 bridgehead atoms. The molecule has 20 heavy (non-hydrogen) atoms. The number of hydrogen-bond donors (Lipinski definition) is 2. The van der Waals surface area contributed by atoms with Gasteiger partial charge in [0.1, 0.15) is 0 Å². The number of para-hydroxylation sites is 1. The molecule has 1 aromatic rings. The Balaban J connectivity index is 0.00000200. The first-order valence-electron chi connectivity index (χ1n) is 7.04. The lowest BCUT2D eigenvalue weighted by Crippen LogP contribution is -2.35. The number of halogens is 1. The predicted octanol–water partition coefficient (Wildman–Crippen LogP) is 2.90. The highest BCUT2D eigenvalue weighted by Crippen LogP contribution is 2.28. The van der Waals surface area contributed by atoms with Crippen molar-refractivity contribution < 1.29 is 0 Å². The Kier molecular flexibility index (Phi) is 7.29. The normalized spacial score (nSPS) is 15.3. The van der Waals surface area contributed by atoms with E-state index in [2.05, 4.69) is 29.1 Å². The number of aliphatic imine (C=N–C) groups is 1. The average Bonchev–Trinajstić information content (AvgIpc) is 3.19. The van der Waals surface area contributed by atoms with Gasteiger partial charge in [-0.1, -0.05) is 18.2 Å². The predicted molar refractivity (Wildman–Crippen MR) is 96.8 cm³/mol. The number of benzene rings is 1. The van der Waals surface area contributed by atoms with Crippen LogP contribution in [-0.4, -0.2) is 36.0 Å². The summed E-state index contributed by atoms with van der Waals surface area (Å²) in [7, 11) is 0. The van der Waals surface area contributed by atoms with Crippen LogP contribution in [0.15, 0.2) is 35.3 Å². The fourth-order valence-electron chi connectivity index (χ4n) is 2.26. The highest BCUT2D eigenvalue weighted by molar-refractivity contribution is 14.0. The second-order valence-corrected chi connectivity index (χ2v) is 5.32. The molecule has 112 valence electrons. The smallest absolute Gasteiger partial charge is 0.193 e. The second-order valence-electron chi connectivity index (χ2n) is 5.32. The van der Waals surface area contributed by atoms with Crippen molar-refractivity contribution >= 4 is 35.6 Å². The number of anilines is 1. The van der Waals surface area contributed by atoms with E-state index < -0.39 is 0 Å². The van der Waals surface area contributed by atoms with E-state index >= 15 is 0 Å². The quantitative estimate of drug-likeness (QED) is 0.448. The minimum Gasteiger partial charge on any atom is -0.370 e. The van der Waals surface area contributed by atoms with Gasteiger partial charge in [0.15, 0.2) is 5.96 Å². The van der Waals surface area contributed by atoms with Gasteiger partial charge in [-0.15, -0.1) is 24.0 Å². The maximum Gasteiger partial charge on any atom is 0.193 e.